The first-order chi connectivity index (χ1) is 14.0. The van der Waals surface area contributed by atoms with Crippen molar-refractivity contribution in [3.63, 3.8) is 0 Å². The molecule has 0 amide bonds. The Morgan fingerprint density at radius 2 is 1.42 bits per heavy atom. The molecule has 4 fully saturated rings. The molecule has 4 rings (SSSR count). The molecule has 4 bridgehead atoms. The molecule has 178 valence electrons. The average molecular weight is 480 g/mol. The SMILES string of the molecule is O=C(OC(OCCC(F)(F)S(=O)(=O)O)(C(=O)O)C(F)(F)F)C12CC3CC(CC(C3)C1)C2. The molecule has 1 unspecified atom stereocenters. The monoisotopic (exact) mass is 480 g/mol. The van der Waals surface area contributed by atoms with Gasteiger partial charge in [-0.25, -0.2) is 4.79 Å². The number of carbonyl (C=O) groups excluding carboxylic acids is 1. The van der Waals surface area contributed by atoms with Gasteiger partial charge in [0.15, 0.2) is 0 Å². The molecule has 0 heterocycles. The van der Waals surface area contributed by atoms with Crippen molar-refractivity contribution >= 4 is 22.1 Å². The van der Waals surface area contributed by atoms with Gasteiger partial charge in [0.05, 0.1) is 18.4 Å². The minimum absolute atomic E-state index is 0.110. The van der Waals surface area contributed by atoms with Crippen LogP contribution in [-0.2, 0) is 29.2 Å². The molecule has 8 nitrogen and oxygen atoms in total. The highest BCUT2D eigenvalue weighted by atomic mass is 32.2. The van der Waals surface area contributed by atoms with Gasteiger partial charge in [-0.2, -0.15) is 30.4 Å². The topological polar surface area (TPSA) is 127 Å². The second-order valence-electron chi connectivity index (χ2n) is 8.72. The third-order valence-corrected chi connectivity index (χ3v) is 7.40. The maximum atomic E-state index is 13.7. The lowest BCUT2D eigenvalue weighted by molar-refractivity contribution is -0.358. The third kappa shape index (κ3) is 4.25. The molecule has 1 atom stereocenters. The van der Waals surface area contributed by atoms with Gasteiger partial charge in [-0.15, -0.1) is 0 Å². The van der Waals surface area contributed by atoms with Crippen LogP contribution in [0.1, 0.15) is 44.9 Å². The minimum atomic E-state index is -5.98. The van der Waals surface area contributed by atoms with Crippen molar-refractivity contribution in [2.75, 3.05) is 6.61 Å². The van der Waals surface area contributed by atoms with Crippen molar-refractivity contribution < 1.29 is 59.1 Å². The zero-order chi connectivity index (χ0) is 23.5. The van der Waals surface area contributed by atoms with Crippen LogP contribution in [0.5, 0.6) is 0 Å². The minimum Gasteiger partial charge on any atom is -0.476 e. The molecule has 0 radical (unpaired) electrons. The van der Waals surface area contributed by atoms with Gasteiger partial charge in [0, 0.05) is 0 Å². The number of halogens is 5. The van der Waals surface area contributed by atoms with E-state index in [-0.39, 0.29) is 37.0 Å². The molecule has 0 spiro atoms. The normalized spacial score (nSPS) is 32.5. The Morgan fingerprint density at radius 3 is 1.77 bits per heavy atom. The average Bonchev–Trinajstić information content (AvgIpc) is 2.57. The third-order valence-electron chi connectivity index (χ3n) is 6.44. The highest BCUT2D eigenvalue weighted by Gasteiger charge is 2.69. The van der Waals surface area contributed by atoms with Crippen molar-refractivity contribution in [3.05, 3.63) is 0 Å². The smallest absolute Gasteiger partial charge is 0.468 e. The summed E-state index contributed by atoms with van der Waals surface area (Å²) in [7, 11) is -5.98. The van der Waals surface area contributed by atoms with E-state index in [1.807, 2.05) is 0 Å². The summed E-state index contributed by atoms with van der Waals surface area (Å²) in [4.78, 5) is 24.3. The second-order valence-corrected chi connectivity index (χ2v) is 10.3. The summed E-state index contributed by atoms with van der Waals surface area (Å²) < 4.78 is 106. The molecule has 0 saturated heterocycles. The molecule has 4 aliphatic carbocycles. The maximum Gasteiger partial charge on any atom is 0.468 e. The summed E-state index contributed by atoms with van der Waals surface area (Å²) in [6.45, 7) is -1.78. The summed E-state index contributed by atoms with van der Waals surface area (Å²) in [6.07, 6.45) is -4.63. The van der Waals surface area contributed by atoms with Gasteiger partial charge >= 0.3 is 39.3 Å². The van der Waals surface area contributed by atoms with E-state index >= 15 is 0 Å². The molecular weight excluding hydrogens is 459 g/mol. The van der Waals surface area contributed by atoms with Crippen LogP contribution in [0.3, 0.4) is 0 Å². The van der Waals surface area contributed by atoms with Crippen LogP contribution in [0, 0.1) is 23.2 Å². The zero-order valence-corrected chi connectivity index (χ0v) is 16.8. The molecule has 2 N–H and O–H groups in total. The lowest BCUT2D eigenvalue weighted by atomic mass is 9.49. The summed E-state index contributed by atoms with van der Waals surface area (Å²) in [5.41, 5.74) is -1.30. The van der Waals surface area contributed by atoms with Crippen LogP contribution < -0.4 is 0 Å². The van der Waals surface area contributed by atoms with E-state index < -0.39 is 57.7 Å². The number of rotatable bonds is 8. The van der Waals surface area contributed by atoms with Crippen LogP contribution in [0.4, 0.5) is 22.0 Å². The summed E-state index contributed by atoms with van der Waals surface area (Å²) in [5, 5.41) is 4.31. The molecule has 0 aromatic heterocycles. The van der Waals surface area contributed by atoms with Crippen molar-refractivity contribution in [3.8, 4) is 0 Å². The summed E-state index contributed by atoms with van der Waals surface area (Å²) in [5.74, 6) is -8.49. The number of hydrogen-bond acceptors (Lipinski definition) is 6. The molecule has 0 aromatic carbocycles. The van der Waals surface area contributed by atoms with Crippen LogP contribution in [-0.4, -0.2) is 53.8 Å². The number of carboxylic acid groups (broad SMARTS) is 1. The molecule has 4 aliphatic rings. The first kappa shape index (κ1) is 24.1. The Labute approximate surface area is 173 Å². The number of ether oxygens (including phenoxy) is 2. The number of carboxylic acids is 1. The number of aliphatic carboxylic acids is 1. The predicted molar refractivity (Wildman–Crippen MR) is 90.2 cm³/mol. The fourth-order valence-corrected chi connectivity index (χ4v) is 5.78. The fourth-order valence-electron chi connectivity index (χ4n) is 5.44. The number of esters is 1. The zero-order valence-electron chi connectivity index (χ0n) is 16.0. The van der Waals surface area contributed by atoms with Crippen molar-refractivity contribution in [2.45, 2.75) is 62.2 Å². The Morgan fingerprint density at radius 1 is 0.968 bits per heavy atom. The van der Waals surface area contributed by atoms with E-state index in [0.29, 0.717) is 0 Å². The van der Waals surface area contributed by atoms with Crippen molar-refractivity contribution in [1.29, 1.82) is 0 Å². The van der Waals surface area contributed by atoms with Gasteiger partial charge < -0.3 is 14.6 Å². The van der Waals surface area contributed by atoms with E-state index in [0.717, 1.165) is 19.3 Å². The lowest BCUT2D eigenvalue weighted by Crippen LogP contribution is -2.60. The predicted octanol–water partition coefficient (Wildman–Crippen LogP) is 2.98. The molecule has 4 saturated carbocycles. The summed E-state index contributed by atoms with van der Waals surface area (Å²) in [6, 6.07) is 0. The first-order valence-electron chi connectivity index (χ1n) is 9.54. The van der Waals surface area contributed by atoms with Gasteiger partial charge in [-0.05, 0) is 56.3 Å². The van der Waals surface area contributed by atoms with Crippen LogP contribution >= 0.6 is 0 Å². The molecular formula is C17H21F5O8S. The fraction of sp³-hybridized carbons (Fsp3) is 0.882. The number of hydrogen-bond donors (Lipinski definition) is 2. The van der Waals surface area contributed by atoms with Crippen LogP contribution in [0.15, 0.2) is 0 Å². The lowest BCUT2D eigenvalue weighted by Gasteiger charge is -2.55. The van der Waals surface area contributed by atoms with Crippen LogP contribution in [0.25, 0.3) is 0 Å². The Kier molecular flexibility index (Phi) is 5.84. The van der Waals surface area contributed by atoms with Gasteiger partial charge in [-0.3, -0.25) is 9.35 Å². The van der Waals surface area contributed by atoms with Gasteiger partial charge in [-0.1, -0.05) is 0 Å². The highest BCUT2D eigenvalue weighted by Crippen LogP contribution is 2.61. The summed E-state index contributed by atoms with van der Waals surface area (Å²) >= 11 is 0. The van der Waals surface area contributed by atoms with Crippen LogP contribution in [0.2, 0.25) is 0 Å². The standard InChI is InChI=1S/C17H21F5O8S/c18-15(19,31(26,27)28)1-2-29-16(12(23)24,17(20,21)22)30-13(25)14-6-9-3-10(7-14)5-11(4-9)8-14/h9-11H,1-8H2,(H,23,24)(H,26,27,28). The maximum absolute atomic E-state index is 13.7. The largest absolute Gasteiger partial charge is 0.476 e. The highest BCUT2D eigenvalue weighted by molar-refractivity contribution is 7.86. The van der Waals surface area contributed by atoms with E-state index in [1.54, 1.807) is 0 Å². The first-order valence-corrected chi connectivity index (χ1v) is 11.0. The molecule has 0 aromatic rings. The Hall–Kier alpha value is -1.54. The van der Waals surface area contributed by atoms with E-state index in [1.165, 1.54) is 0 Å². The van der Waals surface area contributed by atoms with Crippen molar-refractivity contribution in [2.24, 2.45) is 23.2 Å². The quantitative estimate of drug-likeness (QED) is 0.235. The second kappa shape index (κ2) is 7.51. The molecule has 14 heteroatoms. The van der Waals surface area contributed by atoms with E-state index in [2.05, 4.69) is 9.47 Å². The Bertz CT molecular complexity index is 820. The molecule has 31 heavy (non-hydrogen) atoms. The Balaban J connectivity index is 1.82. The van der Waals surface area contributed by atoms with Gasteiger partial charge in [0.25, 0.3) is 0 Å². The van der Waals surface area contributed by atoms with Crippen molar-refractivity contribution in [1.82, 2.24) is 0 Å². The van der Waals surface area contributed by atoms with Gasteiger partial charge in [0.1, 0.15) is 0 Å². The number of carbonyl (C=O) groups is 2. The van der Waals surface area contributed by atoms with E-state index in [4.69, 9.17) is 4.55 Å². The molecule has 0 aliphatic heterocycles. The van der Waals surface area contributed by atoms with Gasteiger partial charge in [0.2, 0.25) is 0 Å². The number of alkyl halides is 5. The van der Waals surface area contributed by atoms with E-state index in [9.17, 15) is 45.1 Å².